The maximum atomic E-state index is 13.4. The van der Waals surface area contributed by atoms with Crippen molar-refractivity contribution in [3.63, 3.8) is 0 Å². The number of rotatable bonds is 8. The number of carbonyl (C=O) groups excluding carboxylic acids is 1. The molecule has 4 heterocycles. The van der Waals surface area contributed by atoms with Crippen LogP contribution in [0.5, 0.6) is 0 Å². The van der Waals surface area contributed by atoms with Crippen LogP contribution in [0, 0.1) is 0 Å². The maximum absolute atomic E-state index is 13.4. The Hall–Kier alpha value is -3.69. The zero-order valence-electron chi connectivity index (χ0n) is 19.6. The number of alkyl halides is 5. The first-order chi connectivity index (χ1) is 17.6. The molecule has 1 amide bonds. The van der Waals surface area contributed by atoms with Gasteiger partial charge in [-0.3, -0.25) is 14.3 Å². The van der Waals surface area contributed by atoms with E-state index in [2.05, 4.69) is 20.2 Å². The number of aromatic amines is 1. The van der Waals surface area contributed by atoms with Crippen LogP contribution >= 0.6 is 0 Å². The van der Waals surface area contributed by atoms with Gasteiger partial charge in [-0.1, -0.05) is 0 Å². The van der Waals surface area contributed by atoms with Gasteiger partial charge in [-0.05, 0) is 6.92 Å². The quantitative estimate of drug-likeness (QED) is 0.348. The predicted molar refractivity (Wildman–Crippen MR) is 119 cm³/mol. The van der Waals surface area contributed by atoms with E-state index in [0.717, 1.165) is 17.1 Å². The van der Waals surface area contributed by atoms with Gasteiger partial charge in [0.25, 0.3) is 12.0 Å². The third-order valence-electron chi connectivity index (χ3n) is 5.87. The molecule has 1 unspecified atom stereocenters. The minimum atomic E-state index is -4.82. The van der Waals surface area contributed by atoms with Gasteiger partial charge in [-0.15, -0.1) is 0 Å². The number of hydrogen-bond donors (Lipinski definition) is 1. The molecule has 3 aromatic heterocycles. The second-order valence-electron chi connectivity index (χ2n) is 8.39. The molecule has 0 radical (unpaired) electrons. The summed E-state index contributed by atoms with van der Waals surface area (Å²) in [5.74, 6) is 0.289. The van der Waals surface area contributed by atoms with E-state index in [1.54, 1.807) is 11.8 Å². The normalized spacial score (nSPS) is 15.5. The predicted octanol–water partition coefficient (Wildman–Crippen LogP) is 2.18. The van der Waals surface area contributed by atoms with Gasteiger partial charge >= 0.3 is 6.18 Å². The van der Waals surface area contributed by atoms with Crippen LogP contribution in [0.1, 0.15) is 37.2 Å². The fourth-order valence-corrected chi connectivity index (χ4v) is 3.97. The van der Waals surface area contributed by atoms with Crippen molar-refractivity contribution >= 4 is 22.6 Å². The van der Waals surface area contributed by atoms with Gasteiger partial charge in [0.15, 0.2) is 5.69 Å². The Labute approximate surface area is 206 Å². The Balaban J connectivity index is 1.26. The molecule has 0 aliphatic carbocycles. The van der Waals surface area contributed by atoms with E-state index in [0.29, 0.717) is 32.0 Å². The first-order valence-corrected chi connectivity index (χ1v) is 11.3. The standard InChI is InChI=1S/C21H23F5N8O3/c1-12(34-14-9-29-30-20(36)17(14)18(31-34)21(24,25)26)11-37-7-2-16(35)33-5-3-32(4-6-33)15-10-27-13(8-28-15)19(22)23/h8-10,12,19H,2-7,11H2,1H3,(H,30,36). The van der Waals surface area contributed by atoms with Crippen molar-refractivity contribution in [3.05, 3.63) is 40.3 Å². The molecule has 1 aliphatic rings. The highest BCUT2D eigenvalue weighted by atomic mass is 19.4. The number of nitrogens with zero attached hydrogens (tertiary/aromatic N) is 7. The number of hydrogen-bond acceptors (Lipinski definition) is 8. The molecule has 1 saturated heterocycles. The molecule has 0 saturated carbocycles. The number of carbonyl (C=O) groups is 1. The highest BCUT2D eigenvalue weighted by Gasteiger charge is 2.38. The number of piperazine rings is 1. The van der Waals surface area contributed by atoms with Crippen LogP contribution in [0.15, 0.2) is 23.4 Å². The monoisotopic (exact) mass is 530 g/mol. The van der Waals surface area contributed by atoms with Crippen molar-refractivity contribution in [3.8, 4) is 0 Å². The smallest absolute Gasteiger partial charge is 0.379 e. The number of nitrogens with one attached hydrogen (secondary N) is 1. The summed E-state index contributed by atoms with van der Waals surface area (Å²) < 4.78 is 71.9. The molecule has 0 spiro atoms. The second kappa shape index (κ2) is 10.7. The zero-order valence-corrected chi connectivity index (χ0v) is 19.6. The lowest BCUT2D eigenvalue weighted by Gasteiger charge is -2.35. The molecule has 1 aliphatic heterocycles. The molecule has 1 atom stereocenters. The third-order valence-corrected chi connectivity index (χ3v) is 5.87. The van der Waals surface area contributed by atoms with Crippen LogP contribution in [0.3, 0.4) is 0 Å². The minimum absolute atomic E-state index is 0.0358. The van der Waals surface area contributed by atoms with Crippen LogP contribution in [0.4, 0.5) is 27.8 Å². The van der Waals surface area contributed by atoms with E-state index in [1.807, 2.05) is 10.00 Å². The Bertz CT molecular complexity index is 1290. The van der Waals surface area contributed by atoms with Gasteiger partial charge in [-0.25, -0.2) is 23.8 Å². The van der Waals surface area contributed by atoms with E-state index in [1.165, 1.54) is 6.20 Å². The average molecular weight is 530 g/mol. The lowest BCUT2D eigenvalue weighted by Crippen LogP contribution is -2.49. The summed E-state index contributed by atoms with van der Waals surface area (Å²) in [6.07, 6.45) is -4.06. The van der Waals surface area contributed by atoms with Gasteiger partial charge in [0, 0.05) is 26.2 Å². The highest BCUT2D eigenvalue weighted by Crippen LogP contribution is 2.33. The number of aromatic nitrogens is 6. The molecule has 200 valence electrons. The van der Waals surface area contributed by atoms with E-state index in [9.17, 15) is 31.5 Å². The van der Waals surface area contributed by atoms with Crippen LogP contribution < -0.4 is 10.5 Å². The first kappa shape index (κ1) is 26.4. The van der Waals surface area contributed by atoms with Gasteiger partial charge in [-0.2, -0.15) is 23.4 Å². The lowest BCUT2D eigenvalue weighted by atomic mass is 10.2. The minimum Gasteiger partial charge on any atom is -0.379 e. The second-order valence-corrected chi connectivity index (χ2v) is 8.39. The molecule has 3 aromatic rings. The fourth-order valence-electron chi connectivity index (χ4n) is 3.97. The van der Waals surface area contributed by atoms with Crippen LogP contribution in [0.25, 0.3) is 10.9 Å². The van der Waals surface area contributed by atoms with Crippen molar-refractivity contribution in [2.24, 2.45) is 0 Å². The lowest BCUT2D eigenvalue weighted by molar-refractivity contribution is -0.140. The molecule has 1 N–H and O–H groups in total. The molecule has 4 rings (SSSR count). The van der Waals surface area contributed by atoms with Crippen molar-refractivity contribution in [1.29, 1.82) is 0 Å². The molecular formula is C21H23F5N8O3. The van der Waals surface area contributed by atoms with Crippen LogP contribution in [-0.2, 0) is 15.7 Å². The Morgan fingerprint density at radius 1 is 1.14 bits per heavy atom. The summed E-state index contributed by atoms with van der Waals surface area (Å²) in [7, 11) is 0. The molecule has 16 heteroatoms. The largest absolute Gasteiger partial charge is 0.435 e. The summed E-state index contributed by atoms with van der Waals surface area (Å²) in [6, 6.07) is -0.668. The Kier molecular flexibility index (Phi) is 7.65. The van der Waals surface area contributed by atoms with Gasteiger partial charge < -0.3 is 14.5 Å². The van der Waals surface area contributed by atoms with E-state index in [4.69, 9.17) is 4.74 Å². The topological polar surface area (TPSA) is 122 Å². The molecule has 0 aromatic carbocycles. The highest BCUT2D eigenvalue weighted by molar-refractivity contribution is 5.80. The molecule has 0 bridgehead atoms. The van der Waals surface area contributed by atoms with Crippen molar-refractivity contribution < 1.29 is 31.5 Å². The molecule has 1 fully saturated rings. The van der Waals surface area contributed by atoms with Gasteiger partial charge in [0.2, 0.25) is 5.91 Å². The molecule has 11 nitrogen and oxygen atoms in total. The van der Waals surface area contributed by atoms with E-state index < -0.39 is 41.0 Å². The number of H-pyrrole nitrogens is 1. The fraction of sp³-hybridized carbons (Fsp3) is 0.524. The Morgan fingerprint density at radius 2 is 1.86 bits per heavy atom. The van der Waals surface area contributed by atoms with Crippen LogP contribution in [-0.4, -0.2) is 80.1 Å². The number of anilines is 1. The van der Waals surface area contributed by atoms with Crippen molar-refractivity contribution in [2.45, 2.75) is 32.0 Å². The van der Waals surface area contributed by atoms with E-state index >= 15 is 0 Å². The van der Waals surface area contributed by atoms with Crippen molar-refractivity contribution in [2.75, 3.05) is 44.3 Å². The number of halogens is 5. The van der Waals surface area contributed by atoms with Gasteiger partial charge in [0.05, 0.1) is 49.8 Å². The summed E-state index contributed by atoms with van der Waals surface area (Å²) in [6.45, 7) is 3.26. The Morgan fingerprint density at radius 3 is 2.49 bits per heavy atom. The van der Waals surface area contributed by atoms with Crippen LogP contribution in [0.2, 0.25) is 0 Å². The average Bonchev–Trinajstić information content (AvgIpc) is 3.28. The number of fused-ring (bicyclic) bond motifs is 1. The third kappa shape index (κ3) is 5.84. The molecular weight excluding hydrogens is 507 g/mol. The number of ether oxygens (including phenoxy) is 1. The summed E-state index contributed by atoms with van der Waals surface area (Å²) in [4.78, 5) is 35.6. The van der Waals surface area contributed by atoms with Gasteiger partial charge in [0.1, 0.15) is 16.9 Å². The summed E-state index contributed by atoms with van der Waals surface area (Å²) in [5.41, 5.74) is -2.77. The molecule has 37 heavy (non-hydrogen) atoms. The first-order valence-electron chi connectivity index (χ1n) is 11.3. The SMILES string of the molecule is CC(COCCC(=O)N1CCN(c2cnc(C(F)F)cn2)CC1)n1nc(C(F)(F)F)c2c(=O)[nH]ncc21. The van der Waals surface area contributed by atoms with Crippen molar-refractivity contribution in [1.82, 2.24) is 34.8 Å². The van der Waals surface area contributed by atoms with E-state index in [-0.39, 0.29) is 31.1 Å². The zero-order chi connectivity index (χ0) is 26.7. The summed E-state index contributed by atoms with van der Waals surface area (Å²) in [5, 5.41) is 8.53. The summed E-state index contributed by atoms with van der Waals surface area (Å²) >= 11 is 0. The maximum Gasteiger partial charge on any atom is 0.435 e. The number of amides is 1.